The molecule has 1 aromatic carbocycles. The molecule has 0 aliphatic carbocycles. The van der Waals surface area contributed by atoms with Crippen molar-refractivity contribution in [3.05, 3.63) is 35.4 Å². The largest absolute Gasteiger partial charge is 0.392 e. The molecule has 0 spiro atoms. The van der Waals surface area contributed by atoms with Crippen molar-refractivity contribution in [2.24, 2.45) is 5.41 Å². The van der Waals surface area contributed by atoms with E-state index in [1.165, 1.54) is 0 Å². The van der Waals surface area contributed by atoms with Gasteiger partial charge in [0.05, 0.1) is 12.4 Å². The second-order valence-electron chi connectivity index (χ2n) is 6.29. The Morgan fingerprint density at radius 1 is 1.10 bits per heavy atom. The molecule has 1 saturated heterocycles. The Balaban J connectivity index is 2.03. The Hall–Kier alpha value is -0.910. The molecule has 4 nitrogen and oxygen atoms in total. The second kappa shape index (κ2) is 5.84. The maximum atomic E-state index is 12.4. The highest BCUT2D eigenvalue weighted by molar-refractivity contribution is 7.88. The van der Waals surface area contributed by atoms with Crippen LogP contribution in [0.5, 0.6) is 0 Å². The highest BCUT2D eigenvalue weighted by Gasteiger charge is 2.31. The van der Waals surface area contributed by atoms with Crippen LogP contribution in [-0.2, 0) is 22.4 Å². The molecule has 1 N–H and O–H groups in total. The molecule has 1 aliphatic heterocycles. The summed E-state index contributed by atoms with van der Waals surface area (Å²) >= 11 is 0. The van der Waals surface area contributed by atoms with Crippen molar-refractivity contribution < 1.29 is 13.5 Å². The fourth-order valence-corrected chi connectivity index (χ4v) is 3.95. The molecule has 0 saturated carbocycles. The van der Waals surface area contributed by atoms with Gasteiger partial charge in [-0.25, -0.2) is 12.7 Å². The number of piperidine rings is 1. The van der Waals surface area contributed by atoms with Crippen molar-refractivity contribution in [1.29, 1.82) is 0 Å². The molecule has 20 heavy (non-hydrogen) atoms. The standard InChI is InChI=1S/C15H23NO3S/c1-15(2)7-9-16(10-8-15)20(18,19)12-14-5-3-13(11-17)4-6-14/h3-6,17H,7-12H2,1-2H3. The number of aliphatic hydroxyl groups is 1. The van der Waals surface area contributed by atoms with Crippen LogP contribution in [-0.4, -0.2) is 30.9 Å². The number of hydrogen-bond acceptors (Lipinski definition) is 3. The average Bonchev–Trinajstić information content (AvgIpc) is 2.38. The normalized spacial score (nSPS) is 19.9. The van der Waals surface area contributed by atoms with Gasteiger partial charge >= 0.3 is 0 Å². The Morgan fingerprint density at radius 3 is 2.10 bits per heavy atom. The molecule has 1 heterocycles. The molecular formula is C15H23NO3S. The second-order valence-corrected chi connectivity index (χ2v) is 8.26. The zero-order valence-electron chi connectivity index (χ0n) is 12.2. The molecule has 0 atom stereocenters. The third-order valence-corrected chi connectivity index (χ3v) is 5.87. The minimum absolute atomic E-state index is 0.0196. The molecule has 0 bridgehead atoms. The molecule has 1 aliphatic rings. The van der Waals surface area contributed by atoms with Gasteiger partial charge in [0, 0.05) is 13.1 Å². The van der Waals surface area contributed by atoms with Crippen LogP contribution in [0.25, 0.3) is 0 Å². The van der Waals surface area contributed by atoms with E-state index in [4.69, 9.17) is 5.11 Å². The molecule has 0 amide bonds. The number of sulfonamides is 1. The fraction of sp³-hybridized carbons (Fsp3) is 0.600. The number of aliphatic hydroxyl groups excluding tert-OH is 1. The van der Waals surface area contributed by atoms with E-state index in [-0.39, 0.29) is 17.8 Å². The number of rotatable bonds is 4. The molecule has 1 fully saturated rings. The van der Waals surface area contributed by atoms with Gasteiger partial charge in [-0.2, -0.15) is 0 Å². The molecular weight excluding hydrogens is 274 g/mol. The van der Waals surface area contributed by atoms with E-state index in [0.29, 0.717) is 13.1 Å². The van der Waals surface area contributed by atoms with Crippen molar-refractivity contribution in [3.8, 4) is 0 Å². The van der Waals surface area contributed by atoms with Gasteiger partial charge in [-0.1, -0.05) is 38.1 Å². The molecule has 0 radical (unpaired) electrons. The van der Waals surface area contributed by atoms with Gasteiger partial charge in [-0.05, 0) is 29.4 Å². The molecule has 0 unspecified atom stereocenters. The van der Waals surface area contributed by atoms with Crippen LogP contribution in [0.4, 0.5) is 0 Å². The maximum absolute atomic E-state index is 12.4. The van der Waals surface area contributed by atoms with Gasteiger partial charge in [-0.3, -0.25) is 0 Å². The van der Waals surface area contributed by atoms with Crippen LogP contribution in [0.15, 0.2) is 24.3 Å². The summed E-state index contributed by atoms with van der Waals surface area (Å²) < 4.78 is 26.4. The van der Waals surface area contributed by atoms with Crippen molar-refractivity contribution in [2.75, 3.05) is 13.1 Å². The van der Waals surface area contributed by atoms with Crippen molar-refractivity contribution in [1.82, 2.24) is 4.31 Å². The van der Waals surface area contributed by atoms with Crippen molar-refractivity contribution in [2.45, 2.75) is 39.0 Å². The zero-order valence-corrected chi connectivity index (χ0v) is 13.0. The summed E-state index contributed by atoms with van der Waals surface area (Å²) in [5, 5.41) is 8.99. The summed E-state index contributed by atoms with van der Waals surface area (Å²) in [7, 11) is -3.24. The molecule has 1 aromatic rings. The lowest BCUT2D eigenvalue weighted by Crippen LogP contribution is -2.41. The summed E-state index contributed by atoms with van der Waals surface area (Å²) in [6, 6.07) is 7.09. The van der Waals surface area contributed by atoms with E-state index < -0.39 is 10.0 Å². The smallest absolute Gasteiger partial charge is 0.218 e. The zero-order chi connectivity index (χ0) is 14.8. The predicted molar refractivity (Wildman–Crippen MR) is 79.6 cm³/mol. The van der Waals surface area contributed by atoms with Crippen LogP contribution >= 0.6 is 0 Å². The van der Waals surface area contributed by atoms with Crippen molar-refractivity contribution in [3.63, 3.8) is 0 Å². The van der Waals surface area contributed by atoms with Crippen LogP contribution < -0.4 is 0 Å². The van der Waals surface area contributed by atoms with Gasteiger partial charge in [0.1, 0.15) is 0 Å². The summed E-state index contributed by atoms with van der Waals surface area (Å²) in [5.41, 5.74) is 1.81. The van der Waals surface area contributed by atoms with E-state index in [2.05, 4.69) is 13.8 Å². The highest BCUT2D eigenvalue weighted by atomic mass is 32.2. The third-order valence-electron chi connectivity index (χ3n) is 4.02. The first-order valence-electron chi connectivity index (χ1n) is 6.99. The number of nitrogens with zero attached hydrogens (tertiary/aromatic N) is 1. The van der Waals surface area contributed by atoms with E-state index in [1.807, 2.05) is 0 Å². The Kier molecular flexibility index (Phi) is 4.52. The quantitative estimate of drug-likeness (QED) is 0.926. The average molecular weight is 297 g/mol. The maximum Gasteiger partial charge on any atom is 0.218 e. The molecule has 0 aromatic heterocycles. The van der Waals surface area contributed by atoms with E-state index in [1.54, 1.807) is 28.6 Å². The van der Waals surface area contributed by atoms with Crippen LogP contribution in [0.3, 0.4) is 0 Å². The van der Waals surface area contributed by atoms with Gasteiger partial charge in [0.25, 0.3) is 0 Å². The van der Waals surface area contributed by atoms with Gasteiger partial charge in [0.2, 0.25) is 10.0 Å². The predicted octanol–water partition coefficient (Wildman–Crippen LogP) is 2.13. The molecule has 2 rings (SSSR count). The lowest BCUT2D eigenvalue weighted by Gasteiger charge is -2.36. The van der Waals surface area contributed by atoms with Gasteiger partial charge in [-0.15, -0.1) is 0 Å². The highest BCUT2D eigenvalue weighted by Crippen LogP contribution is 2.31. The van der Waals surface area contributed by atoms with Gasteiger partial charge < -0.3 is 5.11 Å². The number of benzene rings is 1. The Morgan fingerprint density at radius 2 is 1.60 bits per heavy atom. The van der Waals surface area contributed by atoms with E-state index in [0.717, 1.165) is 24.0 Å². The summed E-state index contributed by atoms with van der Waals surface area (Å²) in [5.74, 6) is 0.0408. The van der Waals surface area contributed by atoms with E-state index >= 15 is 0 Å². The fourth-order valence-electron chi connectivity index (χ4n) is 2.41. The first-order valence-corrected chi connectivity index (χ1v) is 8.60. The van der Waals surface area contributed by atoms with Crippen LogP contribution in [0.1, 0.15) is 37.8 Å². The van der Waals surface area contributed by atoms with Crippen LogP contribution in [0.2, 0.25) is 0 Å². The summed E-state index contributed by atoms with van der Waals surface area (Å²) in [6.45, 7) is 5.58. The van der Waals surface area contributed by atoms with Crippen molar-refractivity contribution >= 4 is 10.0 Å². The lowest BCUT2D eigenvalue weighted by atomic mass is 9.83. The first-order chi connectivity index (χ1) is 9.32. The van der Waals surface area contributed by atoms with E-state index in [9.17, 15) is 8.42 Å². The molecule has 112 valence electrons. The minimum Gasteiger partial charge on any atom is -0.392 e. The third kappa shape index (κ3) is 3.81. The van der Waals surface area contributed by atoms with Gasteiger partial charge in [0.15, 0.2) is 0 Å². The number of hydrogen-bond donors (Lipinski definition) is 1. The SMILES string of the molecule is CC1(C)CCN(S(=O)(=O)Cc2ccc(CO)cc2)CC1. The summed E-state index contributed by atoms with van der Waals surface area (Å²) in [6.07, 6.45) is 1.82. The Labute approximate surface area is 121 Å². The summed E-state index contributed by atoms with van der Waals surface area (Å²) in [4.78, 5) is 0. The Bertz CT molecular complexity index is 539. The molecule has 5 heteroatoms. The minimum atomic E-state index is -3.24. The lowest BCUT2D eigenvalue weighted by molar-refractivity contribution is 0.195. The van der Waals surface area contributed by atoms with Crippen LogP contribution in [0, 0.1) is 5.41 Å². The first kappa shape index (κ1) is 15.5. The topological polar surface area (TPSA) is 57.6 Å². The monoisotopic (exact) mass is 297 g/mol.